The Morgan fingerprint density at radius 1 is 1.19 bits per heavy atom. The van der Waals surface area contributed by atoms with Crippen molar-refractivity contribution in [1.82, 2.24) is 4.57 Å². The molecule has 3 rings (SSSR count). The Balaban J connectivity index is 2.14. The Kier molecular flexibility index (Phi) is 3.70. The first-order valence-electron chi connectivity index (χ1n) is 6.26. The molecule has 1 heterocycles. The van der Waals surface area contributed by atoms with Crippen LogP contribution in [0.2, 0.25) is 10.0 Å². The molecule has 5 heteroatoms. The number of fused-ring (bicyclic) bond motifs is 1. The summed E-state index contributed by atoms with van der Waals surface area (Å²) in [5.74, 6) is -0.459. The summed E-state index contributed by atoms with van der Waals surface area (Å²) in [5.41, 5.74) is 2.02. The maximum Gasteiger partial charge on any atom is 0.152 e. The van der Waals surface area contributed by atoms with Crippen molar-refractivity contribution in [3.05, 3.63) is 69.6 Å². The van der Waals surface area contributed by atoms with Gasteiger partial charge in [-0.25, -0.2) is 4.39 Å². The van der Waals surface area contributed by atoms with Crippen LogP contribution in [0.3, 0.4) is 0 Å². The van der Waals surface area contributed by atoms with Crippen molar-refractivity contribution < 1.29 is 9.18 Å². The number of hydrogen-bond donors (Lipinski definition) is 0. The van der Waals surface area contributed by atoms with Gasteiger partial charge in [-0.3, -0.25) is 4.79 Å². The summed E-state index contributed by atoms with van der Waals surface area (Å²) in [7, 11) is 0. The zero-order chi connectivity index (χ0) is 15.0. The fraction of sp³-hybridized carbons (Fsp3) is 0.0625. The van der Waals surface area contributed by atoms with Gasteiger partial charge in [-0.15, -0.1) is 0 Å². The molecule has 3 aromatic rings. The highest BCUT2D eigenvalue weighted by atomic mass is 35.5. The van der Waals surface area contributed by atoms with Crippen molar-refractivity contribution in [3.63, 3.8) is 0 Å². The van der Waals surface area contributed by atoms with Gasteiger partial charge in [-0.2, -0.15) is 0 Å². The number of benzene rings is 2. The molecule has 0 saturated carbocycles. The van der Waals surface area contributed by atoms with Crippen LogP contribution in [0.25, 0.3) is 10.9 Å². The van der Waals surface area contributed by atoms with Crippen LogP contribution in [-0.2, 0) is 6.54 Å². The highest BCUT2D eigenvalue weighted by molar-refractivity contribution is 6.31. The first-order valence-corrected chi connectivity index (χ1v) is 7.02. The van der Waals surface area contributed by atoms with Crippen molar-refractivity contribution in [3.8, 4) is 0 Å². The van der Waals surface area contributed by atoms with Crippen LogP contribution in [0.4, 0.5) is 4.39 Å². The van der Waals surface area contributed by atoms with Crippen LogP contribution < -0.4 is 0 Å². The molecular formula is C16H10Cl2FNO. The molecule has 106 valence electrons. The van der Waals surface area contributed by atoms with Crippen molar-refractivity contribution in [2.75, 3.05) is 0 Å². The van der Waals surface area contributed by atoms with E-state index in [1.807, 2.05) is 4.57 Å². The summed E-state index contributed by atoms with van der Waals surface area (Å²) >= 11 is 12.0. The zero-order valence-electron chi connectivity index (χ0n) is 10.8. The molecule has 0 aliphatic rings. The highest BCUT2D eigenvalue weighted by Crippen LogP contribution is 2.27. The van der Waals surface area contributed by atoms with Crippen molar-refractivity contribution >= 4 is 40.4 Å². The lowest BCUT2D eigenvalue weighted by atomic mass is 10.2. The van der Waals surface area contributed by atoms with E-state index in [0.29, 0.717) is 22.7 Å². The number of halogens is 3. The number of aldehydes is 1. The fourth-order valence-corrected chi connectivity index (χ4v) is 2.72. The van der Waals surface area contributed by atoms with Gasteiger partial charge in [-0.05, 0) is 23.8 Å². The van der Waals surface area contributed by atoms with Gasteiger partial charge in [0.05, 0.1) is 10.5 Å². The molecule has 0 amide bonds. The fourth-order valence-electron chi connectivity index (χ4n) is 2.37. The predicted molar refractivity (Wildman–Crippen MR) is 82.8 cm³/mol. The van der Waals surface area contributed by atoms with Crippen LogP contribution >= 0.6 is 23.2 Å². The predicted octanol–water partition coefficient (Wildman–Crippen LogP) is 4.95. The Hall–Kier alpha value is -1.84. The highest BCUT2D eigenvalue weighted by Gasteiger charge is 2.11. The molecule has 0 atom stereocenters. The van der Waals surface area contributed by atoms with E-state index in [2.05, 4.69) is 0 Å². The molecule has 21 heavy (non-hydrogen) atoms. The molecule has 0 radical (unpaired) electrons. The second kappa shape index (κ2) is 5.51. The van der Waals surface area contributed by atoms with Crippen molar-refractivity contribution in [1.29, 1.82) is 0 Å². The zero-order valence-corrected chi connectivity index (χ0v) is 12.3. The molecule has 0 aliphatic carbocycles. The number of hydrogen-bond acceptors (Lipinski definition) is 1. The molecule has 0 N–H and O–H groups in total. The number of rotatable bonds is 3. The lowest BCUT2D eigenvalue weighted by Gasteiger charge is -2.08. The van der Waals surface area contributed by atoms with Crippen LogP contribution in [0.15, 0.2) is 42.6 Å². The monoisotopic (exact) mass is 321 g/mol. The first kappa shape index (κ1) is 14.1. The minimum Gasteiger partial charge on any atom is -0.342 e. The molecule has 0 bridgehead atoms. The SMILES string of the molecule is O=Cc1cn(Cc2cccc(F)c2Cl)c2cc(Cl)ccc12. The lowest BCUT2D eigenvalue weighted by molar-refractivity contribution is 0.112. The van der Waals surface area contributed by atoms with Gasteiger partial charge >= 0.3 is 0 Å². The number of nitrogens with zero attached hydrogens (tertiary/aromatic N) is 1. The first-order chi connectivity index (χ1) is 10.1. The molecular weight excluding hydrogens is 312 g/mol. The van der Waals surface area contributed by atoms with Gasteiger partial charge in [-0.1, -0.05) is 41.4 Å². The minimum absolute atomic E-state index is 0.0917. The van der Waals surface area contributed by atoms with E-state index >= 15 is 0 Å². The van der Waals surface area contributed by atoms with Crippen LogP contribution in [-0.4, -0.2) is 10.9 Å². The summed E-state index contributed by atoms with van der Waals surface area (Å²) in [5, 5.41) is 1.47. The normalized spacial score (nSPS) is 11.0. The molecule has 0 aliphatic heterocycles. The van der Waals surface area contributed by atoms with Crippen LogP contribution in [0, 0.1) is 5.82 Å². The Labute approximate surface area is 130 Å². The molecule has 2 nitrogen and oxygen atoms in total. The summed E-state index contributed by atoms with van der Waals surface area (Å²) in [6.45, 7) is 0.362. The standard InChI is InChI=1S/C16H10Cl2FNO/c17-12-4-5-13-11(9-21)8-20(15(13)6-12)7-10-2-1-3-14(19)16(10)18/h1-6,8-9H,7H2. The van der Waals surface area contributed by atoms with Crippen LogP contribution in [0.1, 0.15) is 15.9 Å². The van der Waals surface area contributed by atoms with E-state index < -0.39 is 5.82 Å². The third-order valence-corrected chi connectivity index (χ3v) is 4.03. The number of carbonyl (C=O) groups excluding carboxylic acids is 1. The van der Waals surface area contributed by atoms with Crippen LogP contribution in [0.5, 0.6) is 0 Å². The largest absolute Gasteiger partial charge is 0.342 e. The number of carbonyl (C=O) groups is 1. The quantitative estimate of drug-likeness (QED) is 0.626. The average Bonchev–Trinajstić information content (AvgIpc) is 2.81. The van der Waals surface area contributed by atoms with Crippen molar-refractivity contribution in [2.45, 2.75) is 6.54 Å². The molecule has 0 unspecified atom stereocenters. The Morgan fingerprint density at radius 2 is 2.00 bits per heavy atom. The van der Waals surface area contributed by atoms with Gasteiger partial charge in [0.2, 0.25) is 0 Å². The van der Waals surface area contributed by atoms with Gasteiger partial charge in [0.1, 0.15) is 5.82 Å². The summed E-state index contributed by atoms with van der Waals surface area (Å²) in [6, 6.07) is 9.98. The topological polar surface area (TPSA) is 22.0 Å². The minimum atomic E-state index is -0.459. The molecule has 0 saturated heterocycles. The Morgan fingerprint density at radius 3 is 2.76 bits per heavy atom. The summed E-state index contributed by atoms with van der Waals surface area (Å²) < 4.78 is 15.4. The molecule has 1 aromatic heterocycles. The van der Waals surface area contributed by atoms with E-state index in [-0.39, 0.29) is 5.02 Å². The van der Waals surface area contributed by atoms with E-state index in [1.165, 1.54) is 6.07 Å². The molecule has 0 fully saturated rings. The van der Waals surface area contributed by atoms with Gasteiger partial charge in [0.25, 0.3) is 0 Å². The molecule has 2 aromatic carbocycles. The van der Waals surface area contributed by atoms with Gasteiger partial charge in [0, 0.05) is 28.7 Å². The van der Waals surface area contributed by atoms with Crippen molar-refractivity contribution in [2.24, 2.45) is 0 Å². The maximum atomic E-state index is 13.5. The number of aromatic nitrogens is 1. The maximum absolute atomic E-state index is 13.5. The molecule has 0 spiro atoms. The van der Waals surface area contributed by atoms with E-state index in [4.69, 9.17) is 23.2 Å². The third kappa shape index (κ3) is 2.55. The average molecular weight is 322 g/mol. The van der Waals surface area contributed by atoms with Gasteiger partial charge in [0.15, 0.2) is 6.29 Å². The Bertz CT molecular complexity index is 842. The summed E-state index contributed by atoms with van der Waals surface area (Å²) in [6.07, 6.45) is 2.51. The smallest absolute Gasteiger partial charge is 0.152 e. The third-order valence-electron chi connectivity index (χ3n) is 3.37. The lowest BCUT2D eigenvalue weighted by Crippen LogP contribution is -1.99. The second-order valence-corrected chi connectivity index (χ2v) is 5.52. The summed E-state index contributed by atoms with van der Waals surface area (Å²) in [4.78, 5) is 11.2. The van der Waals surface area contributed by atoms with E-state index in [1.54, 1.807) is 36.5 Å². The second-order valence-electron chi connectivity index (χ2n) is 4.70. The van der Waals surface area contributed by atoms with E-state index in [0.717, 1.165) is 17.2 Å². The van der Waals surface area contributed by atoms with E-state index in [9.17, 15) is 9.18 Å². The van der Waals surface area contributed by atoms with Gasteiger partial charge < -0.3 is 4.57 Å².